The summed E-state index contributed by atoms with van der Waals surface area (Å²) in [5.74, 6) is 0. The van der Waals surface area contributed by atoms with Gasteiger partial charge in [0.1, 0.15) is 33.5 Å². The molecule has 0 amide bonds. The van der Waals surface area contributed by atoms with Crippen molar-refractivity contribution in [2.45, 2.75) is 38.5 Å². The summed E-state index contributed by atoms with van der Waals surface area (Å²) in [6.45, 7) is 9.32. The zero-order valence-corrected chi connectivity index (χ0v) is 64.0. The van der Waals surface area contributed by atoms with E-state index in [9.17, 15) is 0 Å². The molecule has 0 spiro atoms. The average Bonchev–Trinajstić information content (AvgIpc) is 1.71. The van der Waals surface area contributed by atoms with Gasteiger partial charge in [-0.05, 0) is 235 Å². The molecule has 2 aliphatic rings. The summed E-state index contributed by atoms with van der Waals surface area (Å²) in [5.41, 5.74) is 28.5. The Morgan fingerprint density at radius 1 is 0.157 bits per heavy atom. The molecular formula is C108H76N4O3. The van der Waals surface area contributed by atoms with Gasteiger partial charge in [0.25, 0.3) is 0 Å². The number of rotatable bonds is 12. The molecule has 7 nitrogen and oxygen atoms in total. The first-order valence-electron chi connectivity index (χ1n) is 39.6. The highest BCUT2D eigenvalue weighted by molar-refractivity contribution is 6.26. The standard InChI is InChI=1S/C54H34N2O2.C54H42N2O/c1-3-13-35(14-4-1)55(36-15-5-2-6-16-36)39-24-28-47-48-29-25-40(34-54(48)58-53(47)33-39)56(38-26-30-52-50(32-38)46-21-11-12-22-51(46)57-52)37-23-27-45-43-19-8-7-17-41(43)42-18-9-10-20-44(42)49(45)31-37;1-53(2)47-21-13-11-19-41(47)45-31-37(25-29-49(45)53)55(35-15-7-5-8-16-35)39-23-27-43-44-28-24-40(34-52(44)57-51(43)33-39)56(36-17-9-6-10-18-36)38-26-30-50-46(32-38)42-20-12-14-22-48(42)54(50,3)4/h1-34H;5-34H,1-4H3. The van der Waals surface area contributed by atoms with Gasteiger partial charge in [0.2, 0.25) is 0 Å². The van der Waals surface area contributed by atoms with E-state index in [0.29, 0.717) is 0 Å². The van der Waals surface area contributed by atoms with E-state index >= 15 is 0 Å². The molecule has 0 atom stereocenters. The lowest BCUT2D eigenvalue weighted by atomic mass is 9.82. The normalized spacial score (nSPS) is 13.0. The molecule has 0 unspecified atom stereocenters. The van der Waals surface area contributed by atoms with Gasteiger partial charge in [-0.1, -0.05) is 234 Å². The molecule has 115 heavy (non-hydrogen) atoms. The summed E-state index contributed by atoms with van der Waals surface area (Å²) in [4.78, 5) is 9.30. The Labute approximate surface area is 666 Å². The lowest BCUT2D eigenvalue weighted by Crippen LogP contribution is -2.15. The largest absolute Gasteiger partial charge is 0.456 e. The first kappa shape index (κ1) is 67.3. The van der Waals surface area contributed by atoms with E-state index in [-0.39, 0.29) is 10.8 Å². The van der Waals surface area contributed by atoms with Gasteiger partial charge in [-0.15, -0.1) is 0 Å². The molecule has 0 saturated carbocycles. The zero-order valence-electron chi connectivity index (χ0n) is 64.0. The Bertz CT molecular complexity index is 7160. The monoisotopic (exact) mass is 1480 g/mol. The lowest BCUT2D eigenvalue weighted by Gasteiger charge is -2.27. The van der Waals surface area contributed by atoms with Gasteiger partial charge >= 0.3 is 0 Å². The van der Waals surface area contributed by atoms with Crippen LogP contribution in [0.25, 0.3) is 120 Å². The van der Waals surface area contributed by atoms with Crippen LogP contribution in [0.2, 0.25) is 0 Å². The topological polar surface area (TPSA) is 52.4 Å². The van der Waals surface area contributed by atoms with Gasteiger partial charge in [-0.2, -0.15) is 0 Å². The van der Waals surface area contributed by atoms with Crippen molar-refractivity contribution in [3.05, 3.63) is 411 Å². The van der Waals surface area contributed by atoms with Gasteiger partial charge in [0.15, 0.2) is 0 Å². The molecular weight excluding hydrogens is 1400 g/mol. The van der Waals surface area contributed by atoms with Crippen molar-refractivity contribution in [1.29, 1.82) is 0 Å². The van der Waals surface area contributed by atoms with Crippen LogP contribution in [0.3, 0.4) is 0 Å². The maximum absolute atomic E-state index is 6.82. The summed E-state index contributed by atoms with van der Waals surface area (Å²) in [7, 11) is 0. The molecule has 0 saturated heterocycles. The van der Waals surface area contributed by atoms with Gasteiger partial charge < -0.3 is 32.9 Å². The number of para-hydroxylation sites is 5. The van der Waals surface area contributed by atoms with Crippen LogP contribution in [-0.2, 0) is 10.8 Å². The number of hydrogen-bond acceptors (Lipinski definition) is 7. The Morgan fingerprint density at radius 3 is 0.809 bits per heavy atom. The molecule has 0 radical (unpaired) electrons. The van der Waals surface area contributed by atoms with Crippen molar-refractivity contribution in [2.24, 2.45) is 0 Å². The van der Waals surface area contributed by atoms with Crippen molar-refractivity contribution < 1.29 is 13.3 Å². The summed E-state index contributed by atoms with van der Waals surface area (Å²) in [6, 6.07) is 139. The maximum atomic E-state index is 6.82. The van der Waals surface area contributed by atoms with Crippen molar-refractivity contribution >= 4 is 166 Å². The molecule has 3 aromatic heterocycles. The highest BCUT2D eigenvalue weighted by atomic mass is 16.3. The Balaban J connectivity index is 0.000000140. The smallest absolute Gasteiger partial charge is 0.137 e. The quantitative estimate of drug-likeness (QED) is 0.113. The van der Waals surface area contributed by atoms with Crippen LogP contribution in [0.4, 0.5) is 68.2 Å². The Kier molecular flexibility index (Phi) is 15.5. The molecule has 23 rings (SSSR count). The molecule has 0 N–H and O–H groups in total. The summed E-state index contributed by atoms with van der Waals surface area (Å²) < 4.78 is 19.9. The van der Waals surface area contributed by atoms with Crippen LogP contribution < -0.4 is 19.6 Å². The number of benzene rings is 18. The predicted molar refractivity (Wildman–Crippen MR) is 481 cm³/mol. The average molecular weight is 1480 g/mol. The van der Waals surface area contributed by atoms with Gasteiger partial charge in [-0.25, -0.2) is 0 Å². The maximum Gasteiger partial charge on any atom is 0.137 e. The molecule has 3 heterocycles. The third-order valence-corrected chi connectivity index (χ3v) is 24.2. The molecule has 0 fully saturated rings. The van der Waals surface area contributed by atoms with E-state index in [1.54, 1.807) is 0 Å². The molecule has 546 valence electrons. The molecule has 18 aromatic carbocycles. The fourth-order valence-corrected chi connectivity index (χ4v) is 18.7. The minimum atomic E-state index is -0.0486. The SMILES string of the molecule is CC1(C)c2ccccc2-c2cc(N(c3ccccc3)c3ccc4c(c3)oc3cc(N(c5ccccc5)c5ccc6c(c5)-c5ccccc5C6(C)C)ccc34)ccc21.c1ccc(N(c2ccccc2)c2ccc3c(c2)oc2cc(N(c4ccc5oc6ccccc6c5c4)c4ccc5c6ccccc6c6ccccc6c5c4)ccc23)cc1. The third kappa shape index (κ3) is 11.0. The summed E-state index contributed by atoms with van der Waals surface area (Å²) in [6.07, 6.45) is 0. The fraction of sp³-hybridized carbons (Fsp3) is 0.0556. The molecule has 0 aliphatic heterocycles. The van der Waals surface area contributed by atoms with Crippen molar-refractivity contribution in [1.82, 2.24) is 0 Å². The van der Waals surface area contributed by atoms with Gasteiger partial charge in [0.05, 0.1) is 0 Å². The van der Waals surface area contributed by atoms with Crippen LogP contribution in [0.5, 0.6) is 0 Å². The van der Waals surface area contributed by atoms with E-state index in [1.807, 2.05) is 24.3 Å². The third-order valence-electron chi connectivity index (χ3n) is 24.2. The fourth-order valence-electron chi connectivity index (χ4n) is 18.7. The van der Waals surface area contributed by atoms with E-state index in [2.05, 4.69) is 411 Å². The van der Waals surface area contributed by atoms with Crippen molar-refractivity contribution in [2.75, 3.05) is 19.6 Å². The second-order valence-electron chi connectivity index (χ2n) is 31.5. The summed E-state index contributed by atoms with van der Waals surface area (Å²) >= 11 is 0. The van der Waals surface area contributed by atoms with Crippen molar-refractivity contribution in [3.63, 3.8) is 0 Å². The minimum Gasteiger partial charge on any atom is -0.456 e. The van der Waals surface area contributed by atoms with Gasteiger partial charge in [-0.3, -0.25) is 0 Å². The lowest BCUT2D eigenvalue weighted by molar-refractivity contribution is 0.660. The first-order valence-corrected chi connectivity index (χ1v) is 39.6. The van der Waals surface area contributed by atoms with Crippen molar-refractivity contribution in [3.8, 4) is 22.3 Å². The summed E-state index contributed by atoms with van der Waals surface area (Å²) in [5, 5.41) is 14.0. The highest BCUT2D eigenvalue weighted by Crippen LogP contribution is 2.54. The number of furan rings is 3. The van der Waals surface area contributed by atoms with E-state index < -0.39 is 0 Å². The number of hydrogen-bond donors (Lipinski definition) is 0. The van der Waals surface area contributed by atoms with Crippen LogP contribution >= 0.6 is 0 Å². The Morgan fingerprint density at radius 2 is 0.400 bits per heavy atom. The van der Waals surface area contributed by atoms with Crippen LogP contribution in [0.15, 0.2) is 401 Å². The molecule has 7 heteroatoms. The number of fused-ring (bicyclic) bond motifs is 21. The van der Waals surface area contributed by atoms with Crippen LogP contribution in [0, 0.1) is 0 Å². The second kappa shape index (κ2) is 26.5. The second-order valence-corrected chi connectivity index (χ2v) is 31.5. The van der Waals surface area contributed by atoms with E-state index in [4.69, 9.17) is 13.3 Å². The number of anilines is 12. The van der Waals surface area contributed by atoms with Crippen LogP contribution in [-0.4, -0.2) is 0 Å². The van der Waals surface area contributed by atoms with E-state index in [0.717, 1.165) is 134 Å². The number of nitrogens with zero attached hydrogens (tertiary/aromatic N) is 4. The minimum absolute atomic E-state index is 0.0486. The zero-order chi connectivity index (χ0) is 76.6. The highest BCUT2D eigenvalue weighted by Gasteiger charge is 2.38. The van der Waals surface area contributed by atoms with E-state index in [1.165, 1.54) is 76.8 Å². The van der Waals surface area contributed by atoms with Crippen LogP contribution in [0.1, 0.15) is 49.9 Å². The predicted octanol–water partition coefficient (Wildman–Crippen LogP) is 31.0. The first-order chi connectivity index (χ1) is 56.5. The Hall–Kier alpha value is -14.7. The molecule has 21 aromatic rings. The molecule has 0 bridgehead atoms. The molecule has 2 aliphatic carbocycles. The van der Waals surface area contributed by atoms with Gasteiger partial charge in [0, 0.05) is 136 Å².